The molecule has 1 saturated heterocycles. The maximum Gasteiger partial charge on any atom is 0.0113 e. The molecule has 3 heteroatoms. The Bertz CT molecular complexity index is 281. The van der Waals surface area contributed by atoms with Crippen molar-refractivity contribution in [1.82, 2.24) is 15.1 Å². The van der Waals surface area contributed by atoms with Crippen molar-refractivity contribution < 1.29 is 0 Å². The maximum atomic E-state index is 3.66. The summed E-state index contributed by atoms with van der Waals surface area (Å²) in [4.78, 5) is 5.17. The van der Waals surface area contributed by atoms with Crippen molar-refractivity contribution in [1.29, 1.82) is 0 Å². The van der Waals surface area contributed by atoms with Crippen LogP contribution in [-0.2, 0) is 0 Å². The Morgan fingerprint density at radius 2 is 1.71 bits per heavy atom. The van der Waals surface area contributed by atoms with Crippen LogP contribution in [0.4, 0.5) is 0 Å². The first-order valence-corrected chi connectivity index (χ1v) is 9.14. The molecule has 2 rings (SSSR count). The van der Waals surface area contributed by atoms with Gasteiger partial charge in [0.1, 0.15) is 0 Å². The Labute approximate surface area is 132 Å². The number of hydrogen-bond donors (Lipinski definition) is 1. The summed E-state index contributed by atoms with van der Waals surface area (Å²) < 4.78 is 0. The number of rotatable bonds is 6. The molecule has 124 valence electrons. The third kappa shape index (κ3) is 4.94. The third-order valence-corrected chi connectivity index (χ3v) is 5.93. The fourth-order valence-corrected chi connectivity index (χ4v) is 4.22. The minimum absolute atomic E-state index is 0.549. The molecule has 3 nitrogen and oxygen atoms in total. The van der Waals surface area contributed by atoms with Crippen LogP contribution in [0.2, 0.25) is 0 Å². The van der Waals surface area contributed by atoms with Crippen LogP contribution in [0.3, 0.4) is 0 Å². The highest BCUT2D eigenvalue weighted by molar-refractivity contribution is 4.91. The van der Waals surface area contributed by atoms with Crippen LogP contribution in [0.25, 0.3) is 0 Å². The smallest absolute Gasteiger partial charge is 0.0113 e. The van der Waals surface area contributed by atoms with E-state index in [9.17, 15) is 0 Å². The van der Waals surface area contributed by atoms with Crippen LogP contribution < -0.4 is 5.32 Å². The maximum absolute atomic E-state index is 3.66. The molecule has 0 spiro atoms. The van der Waals surface area contributed by atoms with Gasteiger partial charge >= 0.3 is 0 Å². The van der Waals surface area contributed by atoms with E-state index < -0.39 is 0 Å². The van der Waals surface area contributed by atoms with Gasteiger partial charge in [-0.1, -0.05) is 26.7 Å². The fourth-order valence-electron chi connectivity index (χ4n) is 4.22. The van der Waals surface area contributed by atoms with E-state index in [2.05, 4.69) is 43.1 Å². The molecular weight excluding hydrogens is 258 g/mol. The van der Waals surface area contributed by atoms with Crippen molar-refractivity contribution in [2.24, 2.45) is 11.3 Å². The van der Waals surface area contributed by atoms with Crippen LogP contribution in [-0.4, -0.2) is 62.7 Å². The molecule has 2 fully saturated rings. The summed E-state index contributed by atoms with van der Waals surface area (Å²) in [7, 11) is 4.46. The zero-order valence-corrected chi connectivity index (χ0v) is 14.8. The second kappa shape index (κ2) is 7.94. The molecule has 0 bridgehead atoms. The van der Waals surface area contributed by atoms with Crippen LogP contribution in [0.15, 0.2) is 0 Å². The van der Waals surface area contributed by atoms with E-state index in [1.165, 1.54) is 64.7 Å². The van der Waals surface area contributed by atoms with Crippen LogP contribution in [0.5, 0.6) is 0 Å². The van der Waals surface area contributed by atoms with E-state index in [4.69, 9.17) is 0 Å². The van der Waals surface area contributed by atoms with Crippen LogP contribution >= 0.6 is 0 Å². The molecule has 0 radical (unpaired) electrons. The first-order valence-electron chi connectivity index (χ1n) is 9.14. The summed E-state index contributed by atoms with van der Waals surface area (Å²) in [6.07, 6.45) is 8.41. The van der Waals surface area contributed by atoms with Crippen molar-refractivity contribution in [2.75, 3.05) is 46.8 Å². The number of nitrogens with zero attached hydrogens (tertiary/aromatic N) is 2. The van der Waals surface area contributed by atoms with Gasteiger partial charge in [-0.25, -0.2) is 0 Å². The Balaban J connectivity index is 1.87. The monoisotopic (exact) mass is 295 g/mol. The average molecular weight is 296 g/mol. The highest BCUT2D eigenvalue weighted by Crippen LogP contribution is 2.39. The van der Waals surface area contributed by atoms with Gasteiger partial charge in [0.05, 0.1) is 0 Å². The van der Waals surface area contributed by atoms with Gasteiger partial charge in [-0.05, 0) is 70.7 Å². The molecular formula is C18H37N3. The van der Waals surface area contributed by atoms with Gasteiger partial charge < -0.3 is 15.1 Å². The molecule has 0 aromatic carbocycles. The van der Waals surface area contributed by atoms with E-state index >= 15 is 0 Å². The Hall–Kier alpha value is -0.120. The number of hydrogen-bond acceptors (Lipinski definition) is 3. The lowest BCUT2D eigenvalue weighted by atomic mass is 9.70. The van der Waals surface area contributed by atoms with Gasteiger partial charge in [0, 0.05) is 19.1 Å². The molecule has 1 aliphatic carbocycles. The lowest BCUT2D eigenvalue weighted by molar-refractivity contribution is 0.0598. The molecule has 1 heterocycles. The van der Waals surface area contributed by atoms with E-state index in [1.807, 2.05) is 0 Å². The molecule has 1 saturated carbocycles. The molecule has 0 atom stereocenters. The summed E-state index contributed by atoms with van der Waals surface area (Å²) in [6, 6.07) is 0.803. The Morgan fingerprint density at radius 3 is 2.24 bits per heavy atom. The fraction of sp³-hybridized carbons (Fsp3) is 1.00. The van der Waals surface area contributed by atoms with Crippen molar-refractivity contribution in [2.45, 2.75) is 58.4 Å². The normalized spacial score (nSPS) is 32.7. The highest BCUT2D eigenvalue weighted by atomic mass is 15.2. The largest absolute Gasteiger partial charge is 0.316 e. The van der Waals surface area contributed by atoms with Gasteiger partial charge in [-0.2, -0.15) is 0 Å². The number of likely N-dealkylation sites (tertiary alicyclic amines) is 1. The first kappa shape index (κ1) is 17.2. The van der Waals surface area contributed by atoms with E-state index in [0.717, 1.165) is 18.5 Å². The first-order chi connectivity index (χ1) is 10.0. The standard InChI is InChI=1S/C18H37N3/c1-5-19-14-18(10-6-16(2)7-11-18)15-21-12-8-17(9-13-21)20(3)4/h16-17,19H,5-15H2,1-4H3. The average Bonchev–Trinajstić information content (AvgIpc) is 2.49. The summed E-state index contributed by atoms with van der Waals surface area (Å²) in [5.41, 5.74) is 0.549. The minimum Gasteiger partial charge on any atom is -0.316 e. The van der Waals surface area contributed by atoms with Crippen molar-refractivity contribution in [3.8, 4) is 0 Å². The summed E-state index contributed by atoms with van der Waals surface area (Å²) in [5.74, 6) is 0.944. The predicted molar refractivity (Wildman–Crippen MR) is 91.8 cm³/mol. The van der Waals surface area contributed by atoms with Crippen molar-refractivity contribution in [3.63, 3.8) is 0 Å². The lowest BCUT2D eigenvalue weighted by Crippen LogP contribution is -2.50. The quantitative estimate of drug-likeness (QED) is 0.813. The van der Waals surface area contributed by atoms with E-state index in [-0.39, 0.29) is 0 Å². The van der Waals surface area contributed by atoms with E-state index in [0.29, 0.717) is 5.41 Å². The molecule has 0 amide bonds. The highest BCUT2D eigenvalue weighted by Gasteiger charge is 2.36. The molecule has 0 aromatic rings. The molecule has 1 aliphatic heterocycles. The summed E-state index contributed by atoms with van der Waals surface area (Å²) in [5, 5.41) is 3.66. The zero-order valence-electron chi connectivity index (χ0n) is 14.8. The molecule has 0 unspecified atom stereocenters. The van der Waals surface area contributed by atoms with Gasteiger partial charge in [0.15, 0.2) is 0 Å². The SMILES string of the molecule is CCNCC1(CN2CCC(N(C)C)CC2)CCC(C)CC1. The van der Waals surface area contributed by atoms with Gasteiger partial charge in [0.2, 0.25) is 0 Å². The predicted octanol–water partition coefficient (Wildman–Crippen LogP) is 2.82. The second-order valence-corrected chi connectivity index (χ2v) is 7.93. The van der Waals surface area contributed by atoms with Gasteiger partial charge in [-0.3, -0.25) is 0 Å². The minimum atomic E-state index is 0.549. The second-order valence-electron chi connectivity index (χ2n) is 7.93. The Morgan fingerprint density at radius 1 is 1.10 bits per heavy atom. The molecule has 1 N–H and O–H groups in total. The molecule has 2 aliphatic rings. The third-order valence-electron chi connectivity index (χ3n) is 5.93. The molecule has 21 heavy (non-hydrogen) atoms. The lowest BCUT2D eigenvalue weighted by Gasteiger charge is -2.45. The zero-order chi connectivity index (χ0) is 15.3. The van der Waals surface area contributed by atoms with Crippen LogP contribution in [0, 0.1) is 11.3 Å². The number of nitrogens with one attached hydrogen (secondary N) is 1. The van der Waals surface area contributed by atoms with Crippen molar-refractivity contribution in [3.05, 3.63) is 0 Å². The summed E-state index contributed by atoms with van der Waals surface area (Å²) in [6.45, 7) is 10.9. The number of piperidine rings is 1. The van der Waals surface area contributed by atoms with Crippen LogP contribution in [0.1, 0.15) is 52.4 Å². The van der Waals surface area contributed by atoms with Gasteiger partial charge in [0.25, 0.3) is 0 Å². The topological polar surface area (TPSA) is 18.5 Å². The molecule has 0 aromatic heterocycles. The van der Waals surface area contributed by atoms with E-state index in [1.54, 1.807) is 0 Å². The van der Waals surface area contributed by atoms with Crippen molar-refractivity contribution >= 4 is 0 Å². The van der Waals surface area contributed by atoms with Gasteiger partial charge in [-0.15, -0.1) is 0 Å². The Kier molecular flexibility index (Phi) is 6.51. The summed E-state index contributed by atoms with van der Waals surface area (Å²) >= 11 is 0.